The second-order valence-electron chi connectivity index (χ2n) is 4.53. The molecule has 0 aromatic heterocycles. The second kappa shape index (κ2) is 6.76. The summed E-state index contributed by atoms with van der Waals surface area (Å²) in [5, 5.41) is 2.20. The summed E-state index contributed by atoms with van der Waals surface area (Å²) in [7, 11) is 0. The van der Waals surface area contributed by atoms with Crippen molar-refractivity contribution in [2.75, 3.05) is 12.4 Å². The molecule has 122 valence electrons. The van der Waals surface area contributed by atoms with E-state index in [0.717, 1.165) is 0 Å². The number of ether oxygens (including phenoxy) is 1. The molecule has 0 aliphatic carbocycles. The quantitative estimate of drug-likeness (QED) is 0.402. The minimum atomic E-state index is -1.73. The molecule has 2 aliphatic heterocycles. The summed E-state index contributed by atoms with van der Waals surface area (Å²) >= 11 is 21.3. The lowest BCUT2D eigenvalue weighted by molar-refractivity contribution is -0.152. The van der Waals surface area contributed by atoms with Crippen molar-refractivity contribution in [3.05, 3.63) is 10.2 Å². The Bertz CT molecular complexity index is 566. The standard InChI is InChI=1S/C11H10BrCl3N2O4S/c1-4(18)16-6-8(19)17-7(5(12)2-22-9(6)17)10(20)21-3-11(13,14)15/h6,9H,2-3H2,1H3,(H,16,18)/t6?,9-/m0/s1. The average Bonchev–Trinajstić information content (AvgIpc) is 2.41. The van der Waals surface area contributed by atoms with Crippen LogP contribution in [0.4, 0.5) is 0 Å². The first-order valence-corrected chi connectivity index (χ1v) is 8.93. The second-order valence-corrected chi connectivity index (χ2v) is 9.11. The highest BCUT2D eigenvalue weighted by atomic mass is 79.9. The van der Waals surface area contributed by atoms with Crippen molar-refractivity contribution in [3.63, 3.8) is 0 Å². The van der Waals surface area contributed by atoms with Gasteiger partial charge in [-0.15, -0.1) is 11.8 Å². The van der Waals surface area contributed by atoms with Gasteiger partial charge in [-0.2, -0.15) is 0 Å². The summed E-state index contributed by atoms with van der Waals surface area (Å²) in [4.78, 5) is 36.7. The summed E-state index contributed by atoms with van der Waals surface area (Å²) in [5.41, 5.74) is 0.0737. The average molecular weight is 453 g/mol. The van der Waals surface area contributed by atoms with Crippen molar-refractivity contribution in [2.45, 2.75) is 22.1 Å². The third-order valence-electron chi connectivity index (χ3n) is 2.84. The van der Waals surface area contributed by atoms with E-state index in [4.69, 9.17) is 39.5 Å². The van der Waals surface area contributed by atoms with E-state index in [2.05, 4.69) is 21.2 Å². The van der Waals surface area contributed by atoms with Gasteiger partial charge in [0, 0.05) is 17.2 Å². The van der Waals surface area contributed by atoms with Gasteiger partial charge < -0.3 is 10.1 Å². The van der Waals surface area contributed by atoms with Gasteiger partial charge in [0.1, 0.15) is 23.7 Å². The highest BCUT2D eigenvalue weighted by molar-refractivity contribution is 9.11. The summed E-state index contributed by atoms with van der Waals surface area (Å²) in [6.45, 7) is 0.889. The van der Waals surface area contributed by atoms with Crippen molar-refractivity contribution in [3.8, 4) is 0 Å². The van der Waals surface area contributed by atoms with Gasteiger partial charge in [-0.05, 0) is 0 Å². The molecule has 0 aromatic rings. The Morgan fingerprint density at radius 2 is 2.14 bits per heavy atom. The Kier molecular flexibility index (Phi) is 5.59. The first-order valence-electron chi connectivity index (χ1n) is 5.96. The minimum Gasteiger partial charge on any atom is -0.456 e. The molecule has 0 bridgehead atoms. The zero-order chi connectivity index (χ0) is 16.7. The molecule has 22 heavy (non-hydrogen) atoms. The fraction of sp³-hybridized carbons (Fsp3) is 0.545. The minimum absolute atomic E-state index is 0.0737. The molecule has 0 radical (unpaired) electrons. The van der Waals surface area contributed by atoms with E-state index in [-0.39, 0.29) is 22.9 Å². The molecule has 11 heteroatoms. The SMILES string of the molecule is CC(=O)NC1C(=O)N2C(C(=O)OCC(Cl)(Cl)Cl)=C(Br)CS[C@@H]12. The molecular formula is C11H10BrCl3N2O4S. The molecule has 1 saturated heterocycles. The van der Waals surface area contributed by atoms with Crippen LogP contribution in [0.15, 0.2) is 10.2 Å². The predicted octanol–water partition coefficient (Wildman–Crippen LogP) is 1.93. The van der Waals surface area contributed by atoms with Gasteiger partial charge in [0.05, 0.1) is 0 Å². The molecule has 0 saturated carbocycles. The molecule has 2 rings (SSSR count). The number of hydrogen-bond donors (Lipinski definition) is 1. The number of carbonyl (C=O) groups excluding carboxylic acids is 3. The van der Waals surface area contributed by atoms with Gasteiger partial charge in [0.25, 0.3) is 5.91 Å². The topological polar surface area (TPSA) is 75.7 Å². The highest BCUT2D eigenvalue weighted by Crippen LogP contribution is 2.42. The number of amides is 2. The van der Waals surface area contributed by atoms with Gasteiger partial charge >= 0.3 is 5.97 Å². The molecule has 1 unspecified atom stereocenters. The molecule has 2 amide bonds. The largest absolute Gasteiger partial charge is 0.456 e. The van der Waals surface area contributed by atoms with Crippen LogP contribution < -0.4 is 5.32 Å². The Morgan fingerprint density at radius 1 is 1.50 bits per heavy atom. The third-order valence-corrected chi connectivity index (χ3v) is 5.48. The lowest BCUT2D eigenvalue weighted by Gasteiger charge is -2.49. The van der Waals surface area contributed by atoms with Gasteiger partial charge in [-0.25, -0.2) is 4.79 Å². The number of alkyl halides is 3. The maximum atomic E-state index is 12.1. The maximum absolute atomic E-state index is 12.1. The summed E-state index contributed by atoms with van der Waals surface area (Å²) < 4.78 is 3.70. The van der Waals surface area contributed by atoms with E-state index in [1.807, 2.05) is 0 Å². The van der Waals surface area contributed by atoms with E-state index in [1.165, 1.54) is 23.6 Å². The lowest BCUT2D eigenvalue weighted by atomic mass is 10.1. The van der Waals surface area contributed by atoms with Crippen molar-refractivity contribution in [1.82, 2.24) is 10.2 Å². The van der Waals surface area contributed by atoms with Gasteiger partial charge in [-0.1, -0.05) is 50.7 Å². The summed E-state index contributed by atoms with van der Waals surface area (Å²) in [6.07, 6.45) is 0. The molecule has 2 aliphatic rings. The fourth-order valence-corrected chi connectivity index (χ4v) is 4.11. The fourth-order valence-electron chi connectivity index (χ4n) is 2.01. The number of hydrogen-bond acceptors (Lipinski definition) is 5. The summed E-state index contributed by atoms with van der Waals surface area (Å²) in [5.74, 6) is -1.00. The van der Waals surface area contributed by atoms with Gasteiger partial charge in [0.15, 0.2) is 0 Å². The third kappa shape index (κ3) is 3.84. The molecule has 1 N–H and O–H groups in total. The van der Waals surface area contributed by atoms with Crippen LogP contribution in [0.3, 0.4) is 0 Å². The Morgan fingerprint density at radius 3 is 2.68 bits per heavy atom. The van der Waals surface area contributed by atoms with Crippen LogP contribution in [0.2, 0.25) is 0 Å². The molecule has 2 atom stereocenters. The van der Waals surface area contributed by atoms with Crippen LogP contribution in [0, 0.1) is 0 Å². The van der Waals surface area contributed by atoms with Gasteiger partial charge in [-0.3, -0.25) is 14.5 Å². The zero-order valence-electron chi connectivity index (χ0n) is 11.1. The van der Waals surface area contributed by atoms with Crippen LogP contribution in [0.1, 0.15) is 6.92 Å². The molecule has 2 heterocycles. The number of rotatable bonds is 3. The number of thioether (sulfide) groups is 1. The van der Waals surface area contributed by atoms with Crippen molar-refractivity contribution >= 4 is 80.3 Å². The first kappa shape index (κ1) is 18.2. The van der Waals surface area contributed by atoms with E-state index >= 15 is 0 Å². The Hall–Kier alpha value is -0.150. The Balaban J connectivity index is 2.12. The molecular weight excluding hydrogens is 442 g/mol. The van der Waals surface area contributed by atoms with Crippen LogP contribution in [-0.4, -0.2) is 50.3 Å². The molecule has 1 fully saturated rings. The highest BCUT2D eigenvalue weighted by Gasteiger charge is 2.54. The van der Waals surface area contributed by atoms with Crippen LogP contribution >= 0.6 is 62.5 Å². The van der Waals surface area contributed by atoms with Crippen molar-refractivity contribution in [1.29, 1.82) is 0 Å². The van der Waals surface area contributed by atoms with Crippen LogP contribution in [-0.2, 0) is 19.1 Å². The van der Waals surface area contributed by atoms with E-state index in [9.17, 15) is 14.4 Å². The normalized spacial score (nSPS) is 24.6. The van der Waals surface area contributed by atoms with Crippen molar-refractivity contribution in [2.24, 2.45) is 0 Å². The van der Waals surface area contributed by atoms with Crippen molar-refractivity contribution < 1.29 is 19.1 Å². The molecule has 0 spiro atoms. The first-order chi connectivity index (χ1) is 10.1. The van der Waals surface area contributed by atoms with Crippen LogP contribution in [0.5, 0.6) is 0 Å². The molecule has 0 aromatic carbocycles. The number of fused-ring (bicyclic) bond motifs is 1. The lowest BCUT2D eigenvalue weighted by Crippen LogP contribution is -2.70. The van der Waals surface area contributed by atoms with E-state index in [1.54, 1.807) is 0 Å². The number of halogens is 4. The zero-order valence-corrected chi connectivity index (χ0v) is 15.7. The number of β-lactam (4-membered cyclic amide) rings is 1. The monoisotopic (exact) mass is 450 g/mol. The summed E-state index contributed by atoms with van der Waals surface area (Å²) in [6, 6.07) is -0.654. The number of carbonyl (C=O) groups is 3. The van der Waals surface area contributed by atoms with Crippen LogP contribution in [0.25, 0.3) is 0 Å². The van der Waals surface area contributed by atoms with E-state index in [0.29, 0.717) is 10.2 Å². The number of esters is 1. The number of nitrogens with one attached hydrogen (secondary N) is 1. The predicted molar refractivity (Wildman–Crippen MR) is 87.9 cm³/mol. The number of nitrogens with zero attached hydrogens (tertiary/aromatic N) is 1. The van der Waals surface area contributed by atoms with E-state index < -0.39 is 22.4 Å². The Labute approximate surface area is 153 Å². The molecule has 6 nitrogen and oxygen atoms in total. The smallest absolute Gasteiger partial charge is 0.356 e. The maximum Gasteiger partial charge on any atom is 0.356 e. The van der Waals surface area contributed by atoms with Gasteiger partial charge in [0.2, 0.25) is 9.70 Å².